The molecule has 0 aliphatic heterocycles. The molecule has 21 heavy (non-hydrogen) atoms. The van der Waals surface area contributed by atoms with E-state index in [0.717, 1.165) is 11.1 Å². The van der Waals surface area contributed by atoms with Crippen LogP contribution in [-0.2, 0) is 9.84 Å². The summed E-state index contributed by atoms with van der Waals surface area (Å²) < 4.78 is 25.5. The van der Waals surface area contributed by atoms with Crippen LogP contribution in [0.3, 0.4) is 0 Å². The van der Waals surface area contributed by atoms with E-state index >= 15 is 0 Å². The molecule has 0 spiro atoms. The first-order chi connectivity index (χ1) is 10.1. The lowest BCUT2D eigenvalue weighted by molar-refractivity contribution is 0.274. The first-order valence-corrected chi connectivity index (χ1v) is 8.56. The first-order valence-electron chi connectivity index (χ1n) is 7.02. The Labute approximate surface area is 125 Å². The molecule has 0 amide bonds. The van der Waals surface area contributed by atoms with Gasteiger partial charge < -0.3 is 5.11 Å². The average molecular weight is 302 g/mol. The summed E-state index contributed by atoms with van der Waals surface area (Å²) >= 11 is 0. The van der Waals surface area contributed by atoms with Gasteiger partial charge in [0.15, 0.2) is 9.84 Å². The molecule has 0 saturated heterocycles. The van der Waals surface area contributed by atoms with Crippen LogP contribution in [0.5, 0.6) is 0 Å². The van der Waals surface area contributed by atoms with Crippen LogP contribution in [0.1, 0.15) is 17.0 Å². The van der Waals surface area contributed by atoms with Gasteiger partial charge in [-0.3, -0.25) is 0 Å². The van der Waals surface area contributed by atoms with Crippen molar-refractivity contribution in [2.24, 2.45) is 5.92 Å². The summed E-state index contributed by atoms with van der Waals surface area (Å²) in [5, 5.41) is 8.98. The Hall–Kier alpha value is -1.65. The van der Waals surface area contributed by atoms with Crippen molar-refractivity contribution in [3.63, 3.8) is 0 Å². The fourth-order valence-corrected chi connectivity index (χ4v) is 5.18. The molecule has 3 nitrogen and oxygen atoms in total. The molecule has 0 heterocycles. The maximum absolute atomic E-state index is 12.7. The molecule has 1 fully saturated rings. The molecular weight excluding hydrogens is 284 g/mol. The lowest BCUT2D eigenvalue weighted by Crippen LogP contribution is -2.11. The van der Waals surface area contributed by atoms with Crippen LogP contribution in [-0.4, -0.2) is 25.4 Å². The molecule has 1 N–H and O–H groups in total. The van der Waals surface area contributed by atoms with Crippen molar-refractivity contribution in [2.45, 2.75) is 23.0 Å². The molecule has 4 heteroatoms. The van der Waals surface area contributed by atoms with Gasteiger partial charge in [0.2, 0.25) is 0 Å². The molecule has 0 radical (unpaired) electrons. The Bertz CT molecular complexity index is 720. The quantitative estimate of drug-likeness (QED) is 0.944. The Morgan fingerprint density at radius 2 is 1.62 bits per heavy atom. The van der Waals surface area contributed by atoms with E-state index in [9.17, 15) is 13.5 Å². The van der Waals surface area contributed by atoms with E-state index < -0.39 is 15.1 Å². The summed E-state index contributed by atoms with van der Waals surface area (Å²) in [7, 11) is -3.40. The van der Waals surface area contributed by atoms with Crippen molar-refractivity contribution in [2.75, 3.05) is 6.61 Å². The number of aliphatic hydroxyl groups is 1. The van der Waals surface area contributed by atoms with Gasteiger partial charge >= 0.3 is 0 Å². The van der Waals surface area contributed by atoms with Gasteiger partial charge in [-0.25, -0.2) is 8.42 Å². The number of benzene rings is 2. The second kappa shape index (κ2) is 5.28. The molecule has 110 valence electrons. The van der Waals surface area contributed by atoms with Crippen LogP contribution in [0, 0.1) is 12.8 Å². The van der Waals surface area contributed by atoms with Gasteiger partial charge in [-0.05, 0) is 24.6 Å². The Kier molecular flexibility index (Phi) is 3.59. The minimum absolute atomic E-state index is 0.102. The molecule has 3 atom stereocenters. The lowest BCUT2D eigenvalue weighted by Gasteiger charge is -2.05. The second-order valence-corrected chi connectivity index (χ2v) is 7.71. The fraction of sp³-hybridized carbons (Fsp3) is 0.294. The van der Waals surface area contributed by atoms with Gasteiger partial charge in [0.25, 0.3) is 0 Å². The molecule has 0 unspecified atom stereocenters. The van der Waals surface area contributed by atoms with E-state index in [1.54, 1.807) is 24.3 Å². The summed E-state index contributed by atoms with van der Waals surface area (Å²) in [5.41, 5.74) is 2.01. The predicted molar refractivity (Wildman–Crippen MR) is 81.9 cm³/mol. The van der Waals surface area contributed by atoms with Crippen LogP contribution in [0.2, 0.25) is 0 Å². The number of aliphatic hydroxyl groups excluding tert-OH is 1. The maximum Gasteiger partial charge on any atom is 0.182 e. The van der Waals surface area contributed by atoms with Gasteiger partial charge in [-0.15, -0.1) is 0 Å². The smallest absolute Gasteiger partial charge is 0.182 e. The highest BCUT2D eigenvalue weighted by molar-refractivity contribution is 7.92. The molecule has 3 rings (SSSR count). The van der Waals surface area contributed by atoms with E-state index in [1.807, 2.05) is 37.3 Å². The van der Waals surface area contributed by atoms with Crippen molar-refractivity contribution in [3.05, 3.63) is 65.7 Å². The molecule has 1 aliphatic carbocycles. The van der Waals surface area contributed by atoms with Gasteiger partial charge in [-0.2, -0.15) is 0 Å². The topological polar surface area (TPSA) is 54.4 Å². The highest BCUT2D eigenvalue weighted by Crippen LogP contribution is 2.53. The van der Waals surface area contributed by atoms with Crippen molar-refractivity contribution in [3.8, 4) is 0 Å². The van der Waals surface area contributed by atoms with E-state index in [-0.39, 0.29) is 18.4 Å². The largest absolute Gasteiger partial charge is 0.396 e. The summed E-state index contributed by atoms with van der Waals surface area (Å²) in [6, 6.07) is 16.5. The fourth-order valence-electron chi connectivity index (χ4n) is 2.98. The van der Waals surface area contributed by atoms with Crippen LogP contribution < -0.4 is 0 Å². The van der Waals surface area contributed by atoms with Gasteiger partial charge in [-0.1, -0.05) is 48.0 Å². The molecule has 0 aromatic heterocycles. The summed E-state index contributed by atoms with van der Waals surface area (Å²) in [4.78, 5) is 0.343. The lowest BCUT2D eigenvalue weighted by atomic mass is 10.1. The van der Waals surface area contributed by atoms with Crippen molar-refractivity contribution in [1.29, 1.82) is 0 Å². The molecule has 1 saturated carbocycles. The van der Waals surface area contributed by atoms with Crippen LogP contribution in [0.25, 0.3) is 0 Å². The minimum Gasteiger partial charge on any atom is -0.396 e. The summed E-state index contributed by atoms with van der Waals surface area (Å²) in [6.45, 7) is 1.83. The van der Waals surface area contributed by atoms with Crippen molar-refractivity contribution >= 4 is 9.84 Å². The normalized spacial score (nSPS) is 24.8. The zero-order chi connectivity index (χ0) is 15.0. The third-order valence-electron chi connectivity index (χ3n) is 4.20. The highest BCUT2D eigenvalue weighted by atomic mass is 32.2. The van der Waals surface area contributed by atoms with Crippen LogP contribution in [0.4, 0.5) is 0 Å². The highest BCUT2D eigenvalue weighted by Gasteiger charge is 2.58. The Balaban J connectivity index is 1.94. The summed E-state index contributed by atoms with van der Waals surface area (Å²) in [5.74, 6) is -0.318. The van der Waals surface area contributed by atoms with Gasteiger partial charge in [0.05, 0.1) is 10.1 Å². The predicted octanol–water partition coefficient (Wildman–Crippen LogP) is 2.54. The summed E-state index contributed by atoms with van der Waals surface area (Å²) in [6.07, 6.45) is 0. The standard InChI is InChI=1S/C17H18O3S/c1-12-7-9-14(10-8-12)21(19,20)17-15(11-18)16(17)13-5-3-2-4-6-13/h2-10,15-18H,11H2,1H3/t15-,16-,17-/m0/s1. The van der Waals surface area contributed by atoms with Gasteiger partial charge in [0, 0.05) is 18.4 Å². The Morgan fingerprint density at radius 1 is 1.00 bits per heavy atom. The zero-order valence-corrected chi connectivity index (χ0v) is 12.6. The van der Waals surface area contributed by atoms with E-state index in [0.29, 0.717) is 4.90 Å². The van der Waals surface area contributed by atoms with Crippen LogP contribution in [0.15, 0.2) is 59.5 Å². The molecule has 1 aliphatic rings. The average Bonchev–Trinajstić information content (AvgIpc) is 3.24. The Morgan fingerprint density at radius 3 is 2.19 bits per heavy atom. The third-order valence-corrected chi connectivity index (χ3v) is 6.49. The number of hydrogen-bond acceptors (Lipinski definition) is 3. The van der Waals surface area contributed by atoms with Crippen molar-refractivity contribution < 1.29 is 13.5 Å². The first kappa shape index (κ1) is 14.3. The molecule has 0 bridgehead atoms. The molecular formula is C17H18O3S. The molecule has 2 aromatic rings. The molecule has 2 aromatic carbocycles. The maximum atomic E-state index is 12.7. The van der Waals surface area contributed by atoms with Crippen LogP contribution >= 0.6 is 0 Å². The number of aryl methyl sites for hydroxylation is 1. The number of hydrogen-bond donors (Lipinski definition) is 1. The number of rotatable bonds is 4. The second-order valence-electron chi connectivity index (χ2n) is 5.61. The SMILES string of the molecule is Cc1ccc(S(=O)(=O)[C@H]2[C@@H](CO)[C@@H]2c2ccccc2)cc1. The van der Waals surface area contributed by atoms with E-state index in [2.05, 4.69) is 0 Å². The third kappa shape index (κ3) is 2.49. The van der Waals surface area contributed by atoms with Crippen molar-refractivity contribution in [1.82, 2.24) is 0 Å². The van der Waals surface area contributed by atoms with Gasteiger partial charge in [0.1, 0.15) is 0 Å². The zero-order valence-electron chi connectivity index (χ0n) is 11.8. The monoisotopic (exact) mass is 302 g/mol. The number of sulfone groups is 1. The van der Waals surface area contributed by atoms with E-state index in [4.69, 9.17) is 0 Å². The van der Waals surface area contributed by atoms with E-state index in [1.165, 1.54) is 0 Å². The minimum atomic E-state index is -3.40.